The van der Waals surface area contributed by atoms with Gasteiger partial charge in [-0.1, -0.05) is 0 Å². The van der Waals surface area contributed by atoms with E-state index in [9.17, 15) is 17.9 Å². The Morgan fingerprint density at radius 1 is 1.21 bits per heavy atom. The highest BCUT2D eigenvalue weighted by atomic mass is 32.2. The average molecular weight is 473 g/mol. The average Bonchev–Trinajstić information content (AvgIpc) is 3.38. The summed E-state index contributed by atoms with van der Waals surface area (Å²) >= 11 is 0. The van der Waals surface area contributed by atoms with Crippen molar-refractivity contribution in [2.24, 2.45) is 0 Å². The maximum atomic E-state index is 13.6. The van der Waals surface area contributed by atoms with E-state index in [0.29, 0.717) is 60.5 Å². The zero-order valence-corrected chi connectivity index (χ0v) is 18.3. The van der Waals surface area contributed by atoms with Crippen LogP contribution in [0.5, 0.6) is 5.75 Å². The minimum Gasteiger partial charge on any atom is -0.505 e. The molecule has 12 heteroatoms. The molecular weight excluding hydrogens is 451 g/mol. The fourth-order valence-electron chi connectivity index (χ4n) is 3.85. The quantitative estimate of drug-likeness (QED) is 0.439. The zero-order valence-electron chi connectivity index (χ0n) is 17.5. The van der Waals surface area contributed by atoms with Gasteiger partial charge >= 0.3 is 5.84 Å². The Hall–Kier alpha value is -3.51. The smallest absolute Gasteiger partial charge is 0.306 e. The van der Waals surface area contributed by atoms with E-state index >= 15 is 0 Å². The van der Waals surface area contributed by atoms with Crippen LogP contribution in [-0.4, -0.2) is 62.6 Å². The second-order valence-electron chi connectivity index (χ2n) is 7.65. The number of fused-ring (bicyclic) bond motifs is 1. The molecule has 4 aromatic rings. The van der Waals surface area contributed by atoms with Crippen molar-refractivity contribution < 1.29 is 22.3 Å². The van der Waals surface area contributed by atoms with E-state index in [2.05, 4.69) is 20.3 Å². The lowest BCUT2D eigenvalue weighted by molar-refractivity contribution is 0.393. The molecule has 0 radical (unpaired) electrons. The van der Waals surface area contributed by atoms with Gasteiger partial charge in [-0.2, -0.15) is 4.98 Å². The zero-order chi connectivity index (χ0) is 23.0. The number of hydrogen-bond acceptors (Lipinski definition) is 8. The van der Waals surface area contributed by atoms with Crippen LogP contribution in [0, 0.1) is 5.82 Å². The molecule has 0 unspecified atom stereocenters. The van der Waals surface area contributed by atoms with Gasteiger partial charge in [0.15, 0.2) is 11.6 Å². The lowest BCUT2D eigenvalue weighted by Crippen LogP contribution is -2.40. The number of sulfonamides is 1. The van der Waals surface area contributed by atoms with Gasteiger partial charge in [-0.3, -0.25) is 4.40 Å². The number of nitrogens with one attached hydrogen (secondary N) is 1. The van der Waals surface area contributed by atoms with Crippen LogP contribution >= 0.6 is 0 Å². The number of benzene rings is 1. The number of rotatable bonds is 6. The van der Waals surface area contributed by atoms with Gasteiger partial charge in [-0.25, -0.2) is 27.1 Å². The molecule has 1 aliphatic rings. The molecule has 1 fully saturated rings. The molecule has 1 saturated heterocycles. The molecule has 0 spiro atoms. The molecule has 0 amide bonds. The topological polar surface area (TPSA) is 126 Å². The van der Waals surface area contributed by atoms with Crippen molar-refractivity contribution in [2.45, 2.75) is 12.8 Å². The van der Waals surface area contributed by atoms with Gasteiger partial charge < -0.3 is 14.8 Å². The largest absolute Gasteiger partial charge is 0.505 e. The summed E-state index contributed by atoms with van der Waals surface area (Å²) in [5.41, 5.74) is 2.04. The van der Waals surface area contributed by atoms with E-state index in [-0.39, 0.29) is 5.75 Å². The van der Waals surface area contributed by atoms with E-state index in [0.717, 1.165) is 12.5 Å². The molecule has 0 aliphatic carbocycles. The number of aromatic nitrogens is 4. The van der Waals surface area contributed by atoms with E-state index in [1.807, 2.05) is 0 Å². The van der Waals surface area contributed by atoms with E-state index < -0.39 is 21.6 Å². The highest BCUT2D eigenvalue weighted by Crippen LogP contribution is 2.34. The van der Waals surface area contributed by atoms with Gasteiger partial charge in [-0.15, -0.1) is 0 Å². The van der Waals surface area contributed by atoms with E-state index in [4.69, 9.17) is 4.42 Å². The SMILES string of the molecule is O=S1(=O)CCCCN1CCNc1nccc(-c2c(-c3ccc(F)c(O)c3)nc3occn23)n1. The third kappa shape index (κ3) is 4.14. The van der Waals surface area contributed by atoms with Crippen molar-refractivity contribution >= 4 is 21.8 Å². The second-order valence-corrected chi connectivity index (χ2v) is 9.73. The first-order valence-corrected chi connectivity index (χ1v) is 12.0. The number of oxazole rings is 1. The van der Waals surface area contributed by atoms with Crippen LogP contribution in [0.2, 0.25) is 0 Å². The Morgan fingerprint density at radius 2 is 2.09 bits per heavy atom. The normalized spacial score (nSPS) is 16.3. The molecule has 2 N–H and O–H groups in total. The Morgan fingerprint density at radius 3 is 2.91 bits per heavy atom. The molecule has 0 saturated carbocycles. The summed E-state index contributed by atoms with van der Waals surface area (Å²) in [7, 11) is -3.20. The van der Waals surface area contributed by atoms with Crippen LogP contribution in [0.15, 0.2) is 47.3 Å². The highest BCUT2D eigenvalue weighted by molar-refractivity contribution is 7.89. The standard InChI is InChI=1S/C21H21FN6O4S/c22-15-4-3-14(13-17(15)29)18-19(28-10-11-32-21(28)26-18)16-5-6-23-20(25-16)24-7-9-27-8-1-2-12-33(27,30)31/h3-6,10-11,13,29H,1-2,7-9,12H2,(H,23,24,25). The molecule has 3 aromatic heterocycles. The molecular formula is C21H21FN6O4S. The molecule has 0 atom stereocenters. The van der Waals surface area contributed by atoms with Crippen molar-refractivity contribution in [3.63, 3.8) is 0 Å². The Balaban J connectivity index is 1.43. The lowest BCUT2D eigenvalue weighted by Gasteiger charge is -2.26. The predicted molar refractivity (Wildman–Crippen MR) is 119 cm³/mol. The van der Waals surface area contributed by atoms with Gasteiger partial charge in [-0.05, 0) is 37.1 Å². The Bertz CT molecular complexity index is 1420. The summed E-state index contributed by atoms with van der Waals surface area (Å²) in [6.45, 7) is 1.21. The van der Waals surface area contributed by atoms with Crippen molar-refractivity contribution in [1.29, 1.82) is 0 Å². The van der Waals surface area contributed by atoms with Crippen LogP contribution in [-0.2, 0) is 10.0 Å². The molecule has 1 aliphatic heterocycles. The number of phenolic OH excluding ortho intramolecular Hbond substituents is 1. The van der Waals surface area contributed by atoms with Gasteiger partial charge in [0, 0.05) is 37.6 Å². The van der Waals surface area contributed by atoms with Gasteiger partial charge in [0.1, 0.15) is 17.7 Å². The van der Waals surface area contributed by atoms with E-state index in [1.165, 1.54) is 22.7 Å². The Kier molecular flexibility index (Phi) is 5.46. The maximum absolute atomic E-state index is 13.6. The minimum atomic E-state index is -3.20. The number of aromatic hydroxyl groups is 1. The summed E-state index contributed by atoms with van der Waals surface area (Å²) in [4.78, 5) is 13.3. The first-order valence-electron chi connectivity index (χ1n) is 10.4. The van der Waals surface area contributed by atoms with Crippen LogP contribution in [0.1, 0.15) is 12.8 Å². The van der Waals surface area contributed by atoms with Crippen LogP contribution < -0.4 is 5.32 Å². The second kappa shape index (κ2) is 8.45. The number of anilines is 1. The van der Waals surface area contributed by atoms with Crippen molar-refractivity contribution in [1.82, 2.24) is 23.7 Å². The Labute approximate surface area is 188 Å². The molecule has 10 nitrogen and oxygen atoms in total. The summed E-state index contributed by atoms with van der Waals surface area (Å²) in [5.74, 6) is -0.392. The monoisotopic (exact) mass is 472 g/mol. The first kappa shape index (κ1) is 21.3. The van der Waals surface area contributed by atoms with Crippen molar-refractivity contribution in [3.8, 4) is 28.4 Å². The van der Waals surface area contributed by atoms with Gasteiger partial charge in [0.2, 0.25) is 16.0 Å². The number of hydrogen-bond donors (Lipinski definition) is 2. The maximum Gasteiger partial charge on any atom is 0.306 e. The molecule has 5 rings (SSSR count). The summed E-state index contributed by atoms with van der Waals surface area (Å²) in [6.07, 6.45) is 6.29. The fourth-order valence-corrected chi connectivity index (χ4v) is 5.46. The van der Waals surface area contributed by atoms with Crippen molar-refractivity contribution in [3.05, 3.63) is 48.7 Å². The molecule has 0 bridgehead atoms. The van der Waals surface area contributed by atoms with Crippen LogP contribution in [0.25, 0.3) is 28.5 Å². The number of imidazole rings is 1. The highest BCUT2D eigenvalue weighted by Gasteiger charge is 2.25. The first-order chi connectivity index (χ1) is 15.9. The molecule has 33 heavy (non-hydrogen) atoms. The predicted octanol–water partition coefficient (Wildman–Crippen LogP) is 2.73. The summed E-state index contributed by atoms with van der Waals surface area (Å²) in [6, 6.07) is 5.67. The van der Waals surface area contributed by atoms with E-state index in [1.54, 1.807) is 22.9 Å². The number of halogens is 1. The molecule has 4 heterocycles. The molecule has 1 aromatic carbocycles. The lowest BCUT2D eigenvalue weighted by atomic mass is 10.1. The van der Waals surface area contributed by atoms with Gasteiger partial charge in [0.05, 0.1) is 11.4 Å². The minimum absolute atomic E-state index is 0.183. The third-order valence-electron chi connectivity index (χ3n) is 5.48. The van der Waals surface area contributed by atoms with Gasteiger partial charge in [0.25, 0.3) is 0 Å². The van der Waals surface area contributed by atoms with Crippen molar-refractivity contribution in [2.75, 3.05) is 30.7 Å². The number of phenols is 1. The number of nitrogens with zero attached hydrogens (tertiary/aromatic N) is 5. The third-order valence-corrected chi connectivity index (χ3v) is 7.43. The summed E-state index contributed by atoms with van der Waals surface area (Å²) < 4.78 is 46.5. The molecule has 172 valence electrons. The van der Waals surface area contributed by atoms with Crippen LogP contribution in [0.3, 0.4) is 0 Å². The summed E-state index contributed by atoms with van der Waals surface area (Å²) in [5, 5.41) is 12.9. The fraction of sp³-hybridized carbons (Fsp3) is 0.286. The van der Waals surface area contributed by atoms with Crippen LogP contribution in [0.4, 0.5) is 10.3 Å².